The van der Waals surface area contributed by atoms with Gasteiger partial charge >= 0.3 is 0 Å². The molecule has 1 aromatic heterocycles. The maximum atomic E-state index is 13.2. The third-order valence-corrected chi connectivity index (χ3v) is 2.64. The van der Waals surface area contributed by atoms with Crippen LogP contribution in [0.3, 0.4) is 0 Å². The van der Waals surface area contributed by atoms with Crippen molar-refractivity contribution >= 4 is 23.0 Å². The van der Waals surface area contributed by atoms with Crippen molar-refractivity contribution < 1.29 is 9.31 Å². The second-order valence-corrected chi connectivity index (χ2v) is 4.03. The Bertz CT molecular complexity index is 742. The smallest absolute Gasteiger partial charge is 0.276 e. The molecule has 0 spiro atoms. The Kier molecular flexibility index (Phi) is 3.95. The van der Waals surface area contributed by atoms with Gasteiger partial charge in [-0.1, -0.05) is 0 Å². The van der Waals surface area contributed by atoms with E-state index in [0.29, 0.717) is 11.5 Å². The third-order valence-electron chi connectivity index (χ3n) is 2.64. The van der Waals surface area contributed by atoms with Crippen LogP contribution in [0.15, 0.2) is 30.3 Å². The number of nitro groups is 1. The van der Waals surface area contributed by atoms with E-state index in [1.165, 1.54) is 24.3 Å². The van der Waals surface area contributed by atoms with Crippen molar-refractivity contribution in [2.75, 3.05) is 17.7 Å². The predicted molar refractivity (Wildman–Crippen MR) is 74.8 cm³/mol. The number of nitrogens with zero attached hydrogens (tertiary/aromatic N) is 3. The largest absolute Gasteiger partial charge is 0.373 e. The Morgan fingerprint density at radius 3 is 2.67 bits per heavy atom. The summed E-state index contributed by atoms with van der Waals surface area (Å²) >= 11 is 0. The van der Waals surface area contributed by atoms with E-state index in [4.69, 9.17) is 5.26 Å². The van der Waals surface area contributed by atoms with Crippen LogP contribution in [0.2, 0.25) is 0 Å². The van der Waals surface area contributed by atoms with Crippen LogP contribution in [0.25, 0.3) is 0 Å². The number of pyridine rings is 1. The second-order valence-electron chi connectivity index (χ2n) is 4.03. The van der Waals surface area contributed by atoms with E-state index in [0.717, 1.165) is 6.07 Å². The highest BCUT2D eigenvalue weighted by Gasteiger charge is 2.11. The molecule has 2 N–H and O–H groups in total. The number of halogens is 1. The van der Waals surface area contributed by atoms with Crippen LogP contribution in [0, 0.1) is 27.3 Å². The zero-order valence-corrected chi connectivity index (χ0v) is 10.9. The second kappa shape index (κ2) is 5.83. The van der Waals surface area contributed by atoms with Crippen LogP contribution < -0.4 is 10.6 Å². The quantitative estimate of drug-likeness (QED) is 0.662. The highest BCUT2D eigenvalue weighted by atomic mass is 19.1. The average molecular weight is 287 g/mol. The van der Waals surface area contributed by atoms with Crippen molar-refractivity contribution in [1.82, 2.24) is 4.98 Å². The Labute approximate surface area is 119 Å². The van der Waals surface area contributed by atoms with Gasteiger partial charge in [0.1, 0.15) is 23.5 Å². The molecule has 0 saturated heterocycles. The number of anilines is 3. The Morgan fingerprint density at radius 1 is 1.33 bits per heavy atom. The number of rotatable bonds is 4. The lowest BCUT2D eigenvalue weighted by Crippen LogP contribution is -2.01. The van der Waals surface area contributed by atoms with E-state index in [-0.39, 0.29) is 17.1 Å². The Morgan fingerprint density at radius 2 is 2.05 bits per heavy atom. The number of aromatic nitrogens is 1. The van der Waals surface area contributed by atoms with E-state index in [1.54, 1.807) is 13.1 Å². The monoisotopic (exact) mass is 287 g/mol. The van der Waals surface area contributed by atoms with Gasteiger partial charge in [-0.3, -0.25) is 10.1 Å². The van der Waals surface area contributed by atoms with Crippen molar-refractivity contribution in [2.45, 2.75) is 0 Å². The van der Waals surface area contributed by atoms with Gasteiger partial charge in [0, 0.05) is 12.7 Å². The van der Waals surface area contributed by atoms with Crippen molar-refractivity contribution in [3.05, 3.63) is 51.8 Å². The number of nitriles is 1. The summed E-state index contributed by atoms with van der Waals surface area (Å²) in [5.41, 5.74) is 0.141. The molecule has 0 amide bonds. The molecule has 0 bridgehead atoms. The SMILES string of the molecule is CNc1cc([N+](=O)[O-])cc(Nc2ccc(F)c(C#N)c2)n1. The maximum absolute atomic E-state index is 13.2. The lowest BCUT2D eigenvalue weighted by atomic mass is 10.2. The molecule has 0 aliphatic carbocycles. The topological polar surface area (TPSA) is 104 Å². The first-order valence-corrected chi connectivity index (χ1v) is 5.84. The molecule has 1 heterocycles. The Hall–Kier alpha value is -3.21. The first-order chi connectivity index (χ1) is 10.0. The van der Waals surface area contributed by atoms with Gasteiger partial charge in [-0.2, -0.15) is 5.26 Å². The van der Waals surface area contributed by atoms with E-state index in [1.807, 2.05) is 0 Å². The fourth-order valence-electron chi connectivity index (χ4n) is 1.65. The van der Waals surface area contributed by atoms with Crippen LogP contribution >= 0.6 is 0 Å². The molecule has 0 saturated carbocycles. The third kappa shape index (κ3) is 3.22. The molecule has 0 aliphatic heterocycles. The summed E-state index contributed by atoms with van der Waals surface area (Å²) in [4.78, 5) is 14.4. The van der Waals surface area contributed by atoms with Crippen LogP contribution in [0.1, 0.15) is 5.56 Å². The molecule has 8 heteroatoms. The van der Waals surface area contributed by atoms with Crippen LogP contribution in [-0.4, -0.2) is 17.0 Å². The minimum Gasteiger partial charge on any atom is -0.373 e. The molecule has 0 fully saturated rings. The highest BCUT2D eigenvalue weighted by molar-refractivity contribution is 5.63. The number of benzene rings is 1. The van der Waals surface area contributed by atoms with Crippen molar-refractivity contribution in [2.24, 2.45) is 0 Å². The van der Waals surface area contributed by atoms with Crippen molar-refractivity contribution in [1.29, 1.82) is 5.26 Å². The predicted octanol–water partition coefficient (Wildman–Crippen LogP) is 2.79. The lowest BCUT2D eigenvalue weighted by molar-refractivity contribution is -0.384. The van der Waals surface area contributed by atoms with Gasteiger partial charge in [0.15, 0.2) is 0 Å². The summed E-state index contributed by atoms with van der Waals surface area (Å²) in [6.45, 7) is 0. The zero-order chi connectivity index (χ0) is 15.4. The number of nitrogens with one attached hydrogen (secondary N) is 2. The minimum atomic E-state index is -0.633. The minimum absolute atomic E-state index is 0.126. The van der Waals surface area contributed by atoms with Gasteiger partial charge in [-0.05, 0) is 18.2 Å². The summed E-state index contributed by atoms with van der Waals surface area (Å²) in [5, 5.41) is 25.1. The van der Waals surface area contributed by atoms with Gasteiger partial charge in [-0.15, -0.1) is 0 Å². The molecular weight excluding hydrogens is 277 g/mol. The normalized spacial score (nSPS) is 9.76. The molecule has 0 radical (unpaired) electrons. The molecule has 1 aromatic carbocycles. The maximum Gasteiger partial charge on any atom is 0.276 e. The zero-order valence-electron chi connectivity index (χ0n) is 10.9. The highest BCUT2D eigenvalue weighted by Crippen LogP contribution is 2.24. The molecule has 0 unspecified atom stereocenters. The van der Waals surface area contributed by atoms with Crippen LogP contribution in [0.5, 0.6) is 0 Å². The molecule has 2 rings (SSSR count). The summed E-state index contributed by atoms with van der Waals surface area (Å²) in [5.74, 6) is -0.107. The first kappa shape index (κ1) is 14.2. The molecule has 21 heavy (non-hydrogen) atoms. The molecule has 106 valence electrons. The molecular formula is C13H10FN5O2. The Balaban J connectivity index is 2.37. The summed E-state index contributed by atoms with van der Waals surface area (Å²) in [7, 11) is 1.58. The average Bonchev–Trinajstić information content (AvgIpc) is 2.48. The number of hydrogen-bond acceptors (Lipinski definition) is 6. The standard InChI is InChI=1S/C13H10FN5O2/c1-16-12-5-10(19(20)21)6-13(18-12)17-9-2-3-11(14)8(4-9)7-15/h2-6H,1H3,(H2,16,17,18). The molecule has 0 aliphatic rings. The fraction of sp³-hybridized carbons (Fsp3) is 0.0769. The molecule has 0 atom stereocenters. The fourth-order valence-corrected chi connectivity index (χ4v) is 1.65. The van der Waals surface area contributed by atoms with Gasteiger partial charge in [-0.25, -0.2) is 9.37 Å². The summed E-state index contributed by atoms with van der Waals surface area (Å²) in [6.07, 6.45) is 0. The van der Waals surface area contributed by atoms with E-state index >= 15 is 0 Å². The molecule has 7 nitrogen and oxygen atoms in total. The summed E-state index contributed by atoms with van der Waals surface area (Å²) in [6, 6.07) is 8.10. The van der Waals surface area contributed by atoms with Gasteiger partial charge < -0.3 is 10.6 Å². The molecule has 2 aromatic rings. The van der Waals surface area contributed by atoms with Gasteiger partial charge in [0.05, 0.1) is 22.6 Å². The van der Waals surface area contributed by atoms with Gasteiger partial charge in [0.2, 0.25) is 0 Å². The summed E-state index contributed by atoms with van der Waals surface area (Å²) < 4.78 is 13.2. The van der Waals surface area contributed by atoms with E-state index in [2.05, 4.69) is 15.6 Å². The number of hydrogen-bond donors (Lipinski definition) is 2. The van der Waals surface area contributed by atoms with Crippen molar-refractivity contribution in [3.63, 3.8) is 0 Å². The van der Waals surface area contributed by atoms with Crippen molar-refractivity contribution in [3.8, 4) is 6.07 Å². The van der Waals surface area contributed by atoms with Crippen LogP contribution in [0.4, 0.5) is 27.4 Å². The van der Waals surface area contributed by atoms with E-state index in [9.17, 15) is 14.5 Å². The van der Waals surface area contributed by atoms with Crippen LogP contribution in [-0.2, 0) is 0 Å². The lowest BCUT2D eigenvalue weighted by Gasteiger charge is -2.08. The van der Waals surface area contributed by atoms with Gasteiger partial charge in [0.25, 0.3) is 5.69 Å². The first-order valence-electron chi connectivity index (χ1n) is 5.84. The van der Waals surface area contributed by atoms with E-state index < -0.39 is 10.7 Å².